The first kappa shape index (κ1) is 16.7. The lowest BCUT2D eigenvalue weighted by Crippen LogP contribution is -2.37. The Morgan fingerprint density at radius 1 is 1.36 bits per heavy atom. The maximum Gasteiger partial charge on any atom is 0.387 e. The number of hydrogen-bond acceptors (Lipinski definition) is 3. The third kappa shape index (κ3) is 4.16. The van der Waals surface area contributed by atoms with Gasteiger partial charge in [-0.05, 0) is 62.3 Å². The summed E-state index contributed by atoms with van der Waals surface area (Å²) in [4.78, 5) is 12.3. The van der Waals surface area contributed by atoms with Crippen LogP contribution in [0.25, 0.3) is 0 Å². The van der Waals surface area contributed by atoms with Crippen LogP contribution in [-0.2, 0) is 0 Å². The quantitative estimate of drug-likeness (QED) is 0.814. The van der Waals surface area contributed by atoms with Gasteiger partial charge in [-0.3, -0.25) is 4.79 Å². The first-order valence-corrected chi connectivity index (χ1v) is 7.40. The van der Waals surface area contributed by atoms with Gasteiger partial charge in [0.2, 0.25) is 0 Å². The Hall–Kier alpha value is -1.69. The van der Waals surface area contributed by atoms with E-state index < -0.39 is 6.61 Å². The van der Waals surface area contributed by atoms with E-state index in [4.69, 9.17) is 5.11 Å². The van der Waals surface area contributed by atoms with Gasteiger partial charge >= 0.3 is 6.61 Å². The average Bonchev–Trinajstić information content (AvgIpc) is 3.26. The fourth-order valence-corrected chi connectivity index (χ4v) is 2.67. The zero-order valence-electron chi connectivity index (χ0n) is 12.7. The summed E-state index contributed by atoms with van der Waals surface area (Å²) in [5.41, 5.74) is 1.41. The van der Waals surface area contributed by atoms with Gasteiger partial charge in [-0.15, -0.1) is 0 Å². The minimum absolute atomic E-state index is 0.0284. The molecule has 0 bridgehead atoms. The second kappa shape index (κ2) is 7.05. The number of hydrogen-bond donors (Lipinski definition) is 2. The van der Waals surface area contributed by atoms with Crippen LogP contribution in [0.15, 0.2) is 12.1 Å². The van der Waals surface area contributed by atoms with Gasteiger partial charge in [0.1, 0.15) is 5.75 Å². The van der Waals surface area contributed by atoms with E-state index in [0.29, 0.717) is 29.0 Å². The number of carbonyl (C=O) groups excluding carboxylic acids is 1. The second-order valence-electron chi connectivity index (χ2n) is 5.75. The molecule has 6 heteroatoms. The van der Waals surface area contributed by atoms with Crippen molar-refractivity contribution in [2.75, 3.05) is 6.61 Å². The first-order valence-electron chi connectivity index (χ1n) is 7.40. The highest BCUT2D eigenvalue weighted by Crippen LogP contribution is 2.34. The van der Waals surface area contributed by atoms with Crippen LogP contribution in [0, 0.1) is 19.8 Å². The topological polar surface area (TPSA) is 58.6 Å². The number of rotatable bonds is 7. The van der Waals surface area contributed by atoms with Crippen molar-refractivity contribution in [3.63, 3.8) is 0 Å². The van der Waals surface area contributed by atoms with Crippen LogP contribution < -0.4 is 10.1 Å². The molecule has 22 heavy (non-hydrogen) atoms. The number of ether oxygens (including phenoxy) is 1. The third-order valence-corrected chi connectivity index (χ3v) is 3.88. The number of nitrogens with one attached hydrogen (secondary N) is 1. The SMILES string of the molecule is Cc1cc(C(=O)NC(CCO)C2CC2)cc(C)c1OC(F)F. The van der Waals surface area contributed by atoms with Crippen LogP contribution >= 0.6 is 0 Å². The van der Waals surface area contributed by atoms with Crippen molar-refractivity contribution in [1.29, 1.82) is 0 Å². The molecule has 0 heterocycles. The smallest absolute Gasteiger partial charge is 0.387 e. The van der Waals surface area contributed by atoms with Gasteiger partial charge in [0, 0.05) is 18.2 Å². The Labute approximate surface area is 128 Å². The molecule has 122 valence electrons. The highest BCUT2D eigenvalue weighted by molar-refractivity contribution is 5.95. The molecule has 0 saturated heterocycles. The predicted molar refractivity (Wildman–Crippen MR) is 78.2 cm³/mol. The number of benzene rings is 1. The third-order valence-electron chi connectivity index (χ3n) is 3.88. The van der Waals surface area contributed by atoms with Crippen molar-refractivity contribution in [3.8, 4) is 5.75 Å². The Kier molecular flexibility index (Phi) is 5.34. The van der Waals surface area contributed by atoms with Gasteiger partial charge < -0.3 is 15.2 Å². The Morgan fingerprint density at radius 3 is 2.41 bits per heavy atom. The normalized spacial score (nSPS) is 15.7. The molecule has 1 saturated carbocycles. The van der Waals surface area contributed by atoms with Gasteiger partial charge in [0.05, 0.1) is 0 Å². The summed E-state index contributed by atoms with van der Waals surface area (Å²) in [5.74, 6) is 0.292. The van der Waals surface area contributed by atoms with E-state index in [9.17, 15) is 13.6 Å². The summed E-state index contributed by atoms with van der Waals surface area (Å²) in [7, 11) is 0. The first-order chi connectivity index (χ1) is 10.4. The van der Waals surface area contributed by atoms with Crippen molar-refractivity contribution in [1.82, 2.24) is 5.32 Å². The molecule has 0 spiro atoms. The molecule has 1 aliphatic rings. The van der Waals surface area contributed by atoms with E-state index in [1.165, 1.54) is 0 Å². The Balaban J connectivity index is 2.12. The fraction of sp³-hybridized carbons (Fsp3) is 0.562. The van der Waals surface area contributed by atoms with Gasteiger partial charge in [0.15, 0.2) is 0 Å². The number of carbonyl (C=O) groups is 1. The average molecular weight is 313 g/mol. The molecular formula is C16H21F2NO3. The number of aliphatic hydroxyl groups is 1. The van der Waals surface area contributed by atoms with Crippen LogP contribution in [0.1, 0.15) is 40.7 Å². The van der Waals surface area contributed by atoms with E-state index in [-0.39, 0.29) is 24.3 Å². The lowest BCUT2D eigenvalue weighted by atomic mass is 10.0. The lowest BCUT2D eigenvalue weighted by Gasteiger charge is -2.18. The number of halogens is 2. The van der Waals surface area contributed by atoms with Crippen LogP contribution in [0.2, 0.25) is 0 Å². The second-order valence-corrected chi connectivity index (χ2v) is 5.75. The molecule has 0 aliphatic heterocycles. The van der Waals surface area contributed by atoms with Crippen LogP contribution in [0.5, 0.6) is 5.75 Å². The monoisotopic (exact) mass is 313 g/mol. The molecule has 4 nitrogen and oxygen atoms in total. The summed E-state index contributed by atoms with van der Waals surface area (Å²) < 4.78 is 29.2. The summed E-state index contributed by atoms with van der Waals surface area (Å²) >= 11 is 0. The van der Waals surface area contributed by atoms with E-state index in [1.54, 1.807) is 26.0 Å². The van der Waals surface area contributed by atoms with E-state index in [1.807, 2.05) is 0 Å². The highest BCUT2D eigenvalue weighted by atomic mass is 19.3. The maximum atomic E-state index is 12.4. The Morgan fingerprint density at radius 2 is 1.95 bits per heavy atom. The van der Waals surface area contributed by atoms with Crippen LogP contribution in [0.3, 0.4) is 0 Å². The number of aliphatic hydroxyl groups excluding tert-OH is 1. The molecule has 1 aliphatic carbocycles. The number of aryl methyl sites for hydroxylation is 2. The van der Waals surface area contributed by atoms with Crippen LogP contribution in [-0.4, -0.2) is 30.3 Å². The van der Waals surface area contributed by atoms with Gasteiger partial charge in [-0.2, -0.15) is 8.78 Å². The van der Waals surface area contributed by atoms with Crippen molar-refractivity contribution >= 4 is 5.91 Å². The van der Waals surface area contributed by atoms with E-state index >= 15 is 0 Å². The molecule has 2 rings (SSSR count). The zero-order valence-corrected chi connectivity index (χ0v) is 12.7. The van der Waals surface area contributed by atoms with Gasteiger partial charge in [-0.1, -0.05) is 0 Å². The van der Waals surface area contributed by atoms with Crippen LogP contribution in [0.4, 0.5) is 8.78 Å². The number of alkyl halides is 2. The maximum absolute atomic E-state index is 12.4. The minimum Gasteiger partial charge on any atom is -0.434 e. The molecule has 1 unspecified atom stereocenters. The standard InChI is InChI=1S/C16H21F2NO3/c1-9-7-12(8-10(2)14(9)22-16(17)18)15(21)19-13(5-6-20)11-3-4-11/h7-8,11,13,16,20H,3-6H2,1-2H3,(H,19,21). The molecule has 1 atom stereocenters. The molecule has 1 aromatic rings. The highest BCUT2D eigenvalue weighted by Gasteiger charge is 2.32. The molecule has 1 aromatic carbocycles. The summed E-state index contributed by atoms with van der Waals surface area (Å²) in [6, 6.07) is 3.06. The Bertz CT molecular complexity index is 521. The van der Waals surface area contributed by atoms with Crippen molar-refractivity contribution in [3.05, 3.63) is 28.8 Å². The molecular weight excluding hydrogens is 292 g/mol. The molecule has 0 aromatic heterocycles. The molecule has 1 fully saturated rings. The predicted octanol–water partition coefficient (Wildman–Crippen LogP) is 2.80. The van der Waals surface area contributed by atoms with Crippen molar-refractivity contribution < 1.29 is 23.4 Å². The van der Waals surface area contributed by atoms with Crippen molar-refractivity contribution in [2.45, 2.75) is 45.8 Å². The summed E-state index contributed by atoms with van der Waals surface area (Å²) in [6.45, 7) is 0.405. The largest absolute Gasteiger partial charge is 0.434 e. The lowest BCUT2D eigenvalue weighted by molar-refractivity contribution is -0.0507. The molecule has 2 N–H and O–H groups in total. The van der Waals surface area contributed by atoms with E-state index in [2.05, 4.69) is 10.1 Å². The summed E-state index contributed by atoms with van der Waals surface area (Å²) in [6.07, 6.45) is 2.65. The molecule has 0 radical (unpaired) electrons. The molecule has 1 amide bonds. The van der Waals surface area contributed by atoms with E-state index in [0.717, 1.165) is 12.8 Å². The number of amides is 1. The van der Waals surface area contributed by atoms with Crippen molar-refractivity contribution in [2.24, 2.45) is 5.92 Å². The summed E-state index contributed by atoms with van der Waals surface area (Å²) in [5, 5.41) is 12.0. The fourth-order valence-electron chi connectivity index (χ4n) is 2.67. The van der Waals surface area contributed by atoms with Gasteiger partial charge in [0.25, 0.3) is 5.91 Å². The minimum atomic E-state index is -2.89. The zero-order chi connectivity index (χ0) is 16.3. The van der Waals surface area contributed by atoms with Gasteiger partial charge in [-0.25, -0.2) is 0 Å².